The van der Waals surface area contributed by atoms with Crippen LogP contribution in [0.25, 0.3) is 11.2 Å². The molecule has 3 heterocycles. The van der Waals surface area contributed by atoms with Crippen LogP contribution in [-0.4, -0.2) is 38.1 Å². The molecule has 0 spiro atoms. The Bertz CT molecular complexity index is 1160. The first-order chi connectivity index (χ1) is 14.0. The zero-order valence-corrected chi connectivity index (χ0v) is 16.5. The van der Waals surface area contributed by atoms with Gasteiger partial charge >= 0.3 is 5.69 Å². The lowest BCUT2D eigenvalue weighted by Gasteiger charge is -2.31. The second kappa shape index (κ2) is 7.57. The molecule has 1 aliphatic heterocycles. The predicted octanol–water partition coefficient (Wildman–Crippen LogP) is 0.493. The van der Waals surface area contributed by atoms with E-state index < -0.39 is 11.2 Å². The minimum absolute atomic E-state index is 0.0120. The summed E-state index contributed by atoms with van der Waals surface area (Å²) >= 11 is 0. The van der Waals surface area contributed by atoms with Crippen LogP contribution < -0.4 is 21.5 Å². The third kappa shape index (κ3) is 3.55. The summed E-state index contributed by atoms with van der Waals surface area (Å²) in [5.74, 6) is 0.365. The van der Waals surface area contributed by atoms with Crippen molar-refractivity contribution in [2.45, 2.75) is 19.4 Å². The number of aromatic nitrogens is 4. The molecule has 152 valence electrons. The van der Waals surface area contributed by atoms with Gasteiger partial charge in [-0.3, -0.25) is 18.7 Å². The van der Waals surface area contributed by atoms with E-state index in [2.05, 4.69) is 15.3 Å². The number of aryl methyl sites for hydroxylation is 1. The molecule has 0 bridgehead atoms. The first-order valence-electron chi connectivity index (χ1n) is 9.68. The molecule has 1 atom stereocenters. The number of nitrogens with zero attached hydrogens (tertiary/aromatic N) is 4. The Morgan fingerprint density at radius 3 is 2.72 bits per heavy atom. The standard InChI is InChI=1S/C20H24N6O3/c1-24-16-15(18(28)25(2)20(24)29)22-19(23-16)26-10-6-9-14(12-26)17(27)21-11-13-7-4-3-5-8-13/h3-5,7-8,14H,6,9-12H2,1-2H3,(H,21,27)(H,22,23)/t14-/m1/s1. The van der Waals surface area contributed by atoms with E-state index in [0.717, 1.165) is 29.5 Å². The molecule has 3 aromatic rings. The third-order valence-electron chi connectivity index (χ3n) is 5.48. The maximum absolute atomic E-state index is 12.7. The zero-order valence-electron chi connectivity index (χ0n) is 16.5. The number of amides is 1. The second-order valence-corrected chi connectivity index (χ2v) is 7.45. The van der Waals surface area contributed by atoms with Gasteiger partial charge in [0.15, 0.2) is 11.2 Å². The monoisotopic (exact) mass is 396 g/mol. The van der Waals surface area contributed by atoms with Gasteiger partial charge in [0, 0.05) is 33.7 Å². The van der Waals surface area contributed by atoms with Crippen LogP contribution in [0.2, 0.25) is 0 Å². The number of rotatable bonds is 4. The van der Waals surface area contributed by atoms with Crippen molar-refractivity contribution in [2.24, 2.45) is 20.0 Å². The van der Waals surface area contributed by atoms with Crippen molar-refractivity contribution >= 4 is 23.0 Å². The molecule has 0 unspecified atom stereocenters. The number of piperidine rings is 1. The zero-order chi connectivity index (χ0) is 20.5. The van der Waals surface area contributed by atoms with Crippen LogP contribution >= 0.6 is 0 Å². The number of H-pyrrole nitrogens is 1. The largest absolute Gasteiger partial charge is 0.352 e. The second-order valence-electron chi connectivity index (χ2n) is 7.45. The van der Waals surface area contributed by atoms with Gasteiger partial charge in [0.25, 0.3) is 5.56 Å². The lowest BCUT2D eigenvalue weighted by Crippen LogP contribution is -2.43. The highest BCUT2D eigenvalue weighted by Crippen LogP contribution is 2.22. The number of hydrogen-bond acceptors (Lipinski definition) is 5. The fourth-order valence-electron chi connectivity index (χ4n) is 3.78. The molecule has 1 saturated heterocycles. The number of hydrogen-bond donors (Lipinski definition) is 2. The topological polar surface area (TPSA) is 105 Å². The van der Waals surface area contributed by atoms with Crippen molar-refractivity contribution in [1.82, 2.24) is 24.4 Å². The summed E-state index contributed by atoms with van der Waals surface area (Å²) in [5, 5.41) is 3.01. The molecule has 9 nitrogen and oxygen atoms in total. The Kier molecular flexibility index (Phi) is 4.96. The molecular weight excluding hydrogens is 372 g/mol. The normalized spacial score (nSPS) is 16.9. The van der Waals surface area contributed by atoms with E-state index in [-0.39, 0.29) is 11.8 Å². The van der Waals surface area contributed by atoms with Crippen molar-refractivity contribution in [1.29, 1.82) is 0 Å². The summed E-state index contributed by atoms with van der Waals surface area (Å²) in [6.07, 6.45) is 1.65. The van der Waals surface area contributed by atoms with Gasteiger partial charge in [0.05, 0.1) is 5.92 Å². The first-order valence-corrected chi connectivity index (χ1v) is 9.68. The number of aromatic amines is 1. The van der Waals surface area contributed by atoms with E-state index in [9.17, 15) is 14.4 Å². The lowest BCUT2D eigenvalue weighted by atomic mass is 9.97. The fraction of sp³-hybridized carbons (Fsp3) is 0.400. The molecule has 29 heavy (non-hydrogen) atoms. The predicted molar refractivity (Wildman–Crippen MR) is 110 cm³/mol. The summed E-state index contributed by atoms with van der Waals surface area (Å²) in [6, 6.07) is 9.80. The van der Waals surface area contributed by atoms with E-state index in [1.807, 2.05) is 35.2 Å². The minimum atomic E-state index is -0.419. The van der Waals surface area contributed by atoms with E-state index in [1.165, 1.54) is 11.6 Å². The summed E-state index contributed by atoms with van der Waals surface area (Å²) in [7, 11) is 3.03. The number of carbonyl (C=O) groups is 1. The number of fused-ring (bicyclic) bond motifs is 1. The third-order valence-corrected chi connectivity index (χ3v) is 5.48. The van der Waals surface area contributed by atoms with Crippen LogP contribution in [0.3, 0.4) is 0 Å². The molecule has 0 radical (unpaired) electrons. The van der Waals surface area contributed by atoms with Gasteiger partial charge in [0.2, 0.25) is 11.9 Å². The Hall–Kier alpha value is -3.36. The van der Waals surface area contributed by atoms with Crippen molar-refractivity contribution in [3.05, 3.63) is 56.7 Å². The molecule has 1 aromatic carbocycles. The average molecular weight is 396 g/mol. The molecule has 0 aliphatic carbocycles. The van der Waals surface area contributed by atoms with Gasteiger partial charge in [-0.05, 0) is 18.4 Å². The molecule has 1 fully saturated rings. The van der Waals surface area contributed by atoms with Crippen LogP contribution in [0.4, 0.5) is 5.95 Å². The van der Waals surface area contributed by atoms with Gasteiger partial charge < -0.3 is 15.2 Å². The molecule has 0 saturated carbocycles. The van der Waals surface area contributed by atoms with Gasteiger partial charge in [-0.15, -0.1) is 0 Å². The molecule has 4 rings (SSSR count). The Morgan fingerprint density at radius 2 is 1.97 bits per heavy atom. The van der Waals surface area contributed by atoms with Crippen LogP contribution in [-0.2, 0) is 25.4 Å². The van der Waals surface area contributed by atoms with Crippen molar-refractivity contribution < 1.29 is 4.79 Å². The molecule has 1 amide bonds. The molecular formula is C20H24N6O3. The number of imidazole rings is 1. The van der Waals surface area contributed by atoms with E-state index in [0.29, 0.717) is 30.2 Å². The molecule has 2 N–H and O–H groups in total. The van der Waals surface area contributed by atoms with E-state index >= 15 is 0 Å². The van der Waals surface area contributed by atoms with Crippen molar-refractivity contribution in [2.75, 3.05) is 18.0 Å². The maximum atomic E-state index is 12.7. The quantitative estimate of drug-likeness (QED) is 0.668. The summed E-state index contributed by atoms with van der Waals surface area (Å²) < 4.78 is 2.41. The van der Waals surface area contributed by atoms with Gasteiger partial charge in [-0.2, -0.15) is 4.98 Å². The highest BCUT2D eigenvalue weighted by molar-refractivity contribution is 5.80. The maximum Gasteiger partial charge on any atom is 0.332 e. The van der Waals surface area contributed by atoms with Gasteiger partial charge in [-0.1, -0.05) is 30.3 Å². The van der Waals surface area contributed by atoms with Gasteiger partial charge in [0.1, 0.15) is 0 Å². The SMILES string of the molecule is Cn1c(=O)c2[nH]c(N3CCC[C@@H](C(=O)NCc4ccccc4)C3)nc2n(C)c1=O. The van der Waals surface area contributed by atoms with Crippen LogP contribution in [0.5, 0.6) is 0 Å². The average Bonchev–Trinajstić information content (AvgIpc) is 3.21. The Morgan fingerprint density at radius 1 is 1.21 bits per heavy atom. The fourth-order valence-corrected chi connectivity index (χ4v) is 3.78. The summed E-state index contributed by atoms with van der Waals surface area (Å²) in [5.41, 5.74) is 0.847. The minimum Gasteiger partial charge on any atom is -0.352 e. The van der Waals surface area contributed by atoms with E-state index in [1.54, 1.807) is 7.05 Å². The smallest absolute Gasteiger partial charge is 0.332 e. The number of carbonyl (C=O) groups excluding carboxylic acids is 1. The van der Waals surface area contributed by atoms with Crippen molar-refractivity contribution in [3.8, 4) is 0 Å². The summed E-state index contributed by atoms with van der Waals surface area (Å²) in [4.78, 5) is 46.7. The number of anilines is 1. The van der Waals surface area contributed by atoms with Crippen LogP contribution in [0.15, 0.2) is 39.9 Å². The lowest BCUT2D eigenvalue weighted by molar-refractivity contribution is -0.125. The number of benzene rings is 1. The molecule has 9 heteroatoms. The Balaban J connectivity index is 1.52. The highest BCUT2D eigenvalue weighted by Gasteiger charge is 2.28. The van der Waals surface area contributed by atoms with Crippen LogP contribution in [0.1, 0.15) is 18.4 Å². The first kappa shape index (κ1) is 19.0. The van der Waals surface area contributed by atoms with Crippen molar-refractivity contribution in [3.63, 3.8) is 0 Å². The van der Waals surface area contributed by atoms with Gasteiger partial charge in [-0.25, -0.2) is 4.79 Å². The highest BCUT2D eigenvalue weighted by atomic mass is 16.2. The molecule has 1 aliphatic rings. The molecule has 2 aromatic heterocycles. The summed E-state index contributed by atoms with van der Waals surface area (Å²) in [6.45, 7) is 1.74. The Labute approximate surface area is 167 Å². The van der Waals surface area contributed by atoms with E-state index in [4.69, 9.17) is 0 Å². The number of nitrogens with one attached hydrogen (secondary N) is 2. The van der Waals surface area contributed by atoms with Crippen LogP contribution in [0, 0.1) is 5.92 Å².